The Labute approximate surface area is 86.5 Å². The van der Waals surface area contributed by atoms with Gasteiger partial charge in [0.1, 0.15) is 0 Å². The van der Waals surface area contributed by atoms with Crippen LogP contribution in [0.5, 0.6) is 0 Å². The highest BCUT2D eigenvalue weighted by Gasteiger charge is 2.04. The van der Waals surface area contributed by atoms with E-state index in [4.69, 9.17) is 0 Å². The summed E-state index contributed by atoms with van der Waals surface area (Å²) in [5.41, 5.74) is 1.39. The number of hydrogen-bond donors (Lipinski definition) is 1. The van der Waals surface area contributed by atoms with Crippen LogP contribution in [0.25, 0.3) is 0 Å². The van der Waals surface area contributed by atoms with E-state index in [-0.39, 0.29) is 0 Å². The van der Waals surface area contributed by atoms with Crippen molar-refractivity contribution in [2.75, 3.05) is 13.1 Å². The summed E-state index contributed by atoms with van der Waals surface area (Å²) in [6.07, 6.45) is 1.17. The Kier molecular flexibility index (Phi) is 3.27. The SMILES string of the molecule is c1cc(CSC2=NCCCN2)cs1. The number of nitrogens with one attached hydrogen (secondary N) is 1. The van der Waals surface area contributed by atoms with Crippen molar-refractivity contribution < 1.29 is 0 Å². The molecule has 70 valence electrons. The molecule has 0 saturated heterocycles. The highest BCUT2D eigenvalue weighted by Crippen LogP contribution is 2.16. The van der Waals surface area contributed by atoms with E-state index >= 15 is 0 Å². The molecule has 2 heterocycles. The van der Waals surface area contributed by atoms with E-state index in [1.807, 2.05) is 0 Å². The van der Waals surface area contributed by atoms with Crippen molar-refractivity contribution >= 4 is 28.3 Å². The molecule has 1 N–H and O–H groups in total. The minimum atomic E-state index is 0.985. The third-order valence-corrected chi connectivity index (χ3v) is 3.58. The summed E-state index contributed by atoms with van der Waals surface area (Å²) >= 11 is 3.55. The molecular formula is C9H12N2S2. The van der Waals surface area contributed by atoms with Gasteiger partial charge >= 0.3 is 0 Å². The summed E-state index contributed by atoms with van der Waals surface area (Å²) in [7, 11) is 0. The van der Waals surface area contributed by atoms with Crippen LogP contribution in [0.3, 0.4) is 0 Å². The Hall–Kier alpha value is -0.480. The van der Waals surface area contributed by atoms with Gasteiger partial charge in [0.25, 0.3) is 0 Å². The summed E-state index contributed by atoms with van der Waals surface area (Å²) in [6, 6.07) is 2.17. The number of thioether (sulfide) groups is 1. The normalized spacial score (nSPS) is 16.5. The zero-order valence-electron chi connectivity index (χ0n) is 7.32. The van der Waals surface area contributed by atoms with Crippen LogP contribution in [-0.4, -0.2) is 18.3 Å². The number of aliphatic imine (C=N–C) groups is 1. The fraction of sp³-hybridized carbons (Fsp3) is 0.444. The van der Waals surface area contributed by atoms with E-state index in [9.17, 15) is 0 Å². The van der Waals surface area contributed by atoms with Crippen molar-refractivity contribution in [2.45, 2.75) is 12.2 Å². The van der Waals surface area contributed by atoms with Gasteiger partial charge in [-0.15, -0.1) is 0 Å². The zero-order chi connectivity index (χ0) is 8.93. The Bertz CT molecular complexity index is 280. The van der Waals surface area contributed by atoms with E-state index in [0.717, 1.165) is 24.0 Å². The molecule has 2 nitrogen and oxygen atoms in total. The highest BCUT2D eigenvalue weighted by molar-refractivity contribution is 8.13. The predicted molar refractivity (Wildman–Crippen MR) is 60.5 cm³/mol. The molecule has 0 amide bonds. The number of hydrogen-bond acceptors (Lipinski definition) is 4. The smallest absolute Gasteiger partial charge is 0.156 e. The number of rotatable bonds is 2. The molecule has 0 bridgehead atoms. The van der Waals surface area contributed by atoms with Crippen LogP contribution in [0.15, 0.2) is 21.8 Å². The van der Waals surface area contributed by atoms with Crippen molar-refractivity contribution in [3.05, 3.63) is 22.4 Å². The third-order valence-electron chi connectivity index (χ3n) is 1.82. The van der Waals surface area contributed by atoms with Crippen LogP contribution >= 0.6 is 23.1 Å². The lowest BCUT2D eigenvalue weighted by atomic mass is 10.4. The first-order chi connectivity index (χ1) is 6.45. The van der Waals surface area contributed by atoms with Crippen molar-refractivity contribution in [2.24, 2.45) is 4.99 Å². The molecule has 0 atom stereocenters. The molecule has 0 aliphatic carbocycles. The summed E-state index contributed by atoms with van der Waals surface area (Å²) in [5.74, 6) is 1.04. The molecule has 1 aliphatic heterocycles. The van der Waals surface area contributed by atoms with Crippen LogP contribution < -0.4 is 5.32 Å². The molecule has 1 aliphatic rings. The highest BCUT2D eigenvalue weighted by atomic mass is 32.2. The molecular weight excluding hydrogens is 200 g/mol. The molecule has 13 heavy (non-hydrogen) atoms. The second-order valence-corrected chi connectivity index (χ2v) is 4.63. The summed E-state index contributed by atoms with van der Waals surface area (Å²) in [5, 5.41) is 8.71. The molecule has 0 aromatic carbocycles. The van der Waals surface area contributed by atoms with Crippen LogP contribution in [0.2, 0.25) is 0 Å². The molecule has 0 spiro atoms. The van der Waals surface area contributed by atoms with Crippen molar-refractivity contribution in [3.8, 4) is 0 Å². The van der Waals surface area contributed by atoms with Crippen molar-refractivity contribution in [1.82, 2.24) is 5.32 Å². The monoisotopic (exact) mass is 212 g/mol. The summed E-state index contributed by atoms with van der Waals surface area (Å²) in [6.45, 7) is 2.06. The lowest BCUT2D eigenvalue weighted by Crippen LogP contribution is -2.26. The predicted octanol–water partition coefficient (Wildman–Crippen LogP) is 2.33. The number of nitrogens with zero attached hydrogens (tertiary/aromatic N) is 1. The van der Waals surface area contributed by atoms with Crippen LogP contribution in [0.1, 0.15) is 12.0 Å². The van der Waals surface area contributed by atoms with Crippen molar-refractivity contribution in [1.29, 1.82) is 0 Å². The van der Waals surface area contributed by atoms with Gasteiger partial charge in [-0.05, 0) is 28.8 Å². The minimum Gasteiger partial charge on any atom is -0.365 e. The van der Waals surface area contributed by atoms with Crippen LogP contribution in [0.4, 0.5) is 0 Å². The zero-order valence-corrected chi connectivity index (χ0v) is 8.96. The average molecular weight is 212 g/mol. The quantitative estimate of drug-likeness (QED) is 0.813. The lowest BCUT2D eigenvalue weighted by molar-refractivity contribution is 0.751. The van der Waals surface area contributed by atoms with E-state index in [0.29, 0.717) is 0 Å². The maximum atomic E-state index is 4.40. The van der Waals surface area contributed by atoms with E-state index < -0.39 is 0 Å². The van der Waals surface area contributed by atoms with Gasteiger partial charge in [0.2, 0.25) is 0 Å². The fourth-order valence-electron chi connectivity index (χ4n) is 1.13. The fourth-order valence-corrected chi connectivity index (χ4v) is 2.78. The Morgan fingerprint density at radius 2 is 2.62 bits per heavy atom. The van der Waals surface area contributed by atoms with Crippen LogP contribution in [-0.2, 0) is 5.75 Å². The summed E-state index contributed by atoms with van der Waals surface area (Å²) in [4.78, 5) is 4.40. The molecule has 2 rings (SSSR count). The largest absolute Gasteiger partial charge is 0.365 e. The van der Waals surface area contributed by atoms with Gasteiger partial charge in [-0.3, -0.25) is 4.99 Å². The molecule has 0 radical (unpaired) electrons. The van der Waals surface area contributed by atoms with Gasteiger partial charge in [-0.2, -0.15) is 11.3 Å². The first-order valence-electron chi connectivity index (χ1n) is 4.37. The van der Waals surface area contributed by atoms with Gasteiger partial charge in [-0.1, -0.05) is 11.8 Å². The van der Waals surface area contributed by atoms with Gasteiger partial charge < -0.3 is 5.32 Å². The molecule has 0 unspecified atom stereocenters. The Morgan fingerprint density at radius 3 is 3.31 bits per heavy atom. The average Bonchev–Trinajstić information content (AvgIpc) is 2.69. The van der Waals surface area contributed by atoms with Gasteiger partial charge in [-0.25, -0.2) is 0 Å². The Morgan fingerprint density at radius 1 is 1.62 bits per heavy atom. The second-order valence-electron chi connectivity index (χ2n) is 2.89. The topological polar surface area (TPSA) is 24.4 Å². The lowest BCUT2D eigenvalue weighted by Gasteiger charge is -2.12. The van der Waals surface area contributed by atoms with Crippen molar-refractivity contribution in [3.63, 3.8) is 0 Å². The van der Waals surface area contributed by atoms with Gasteiger partial charge in [0, 0.05) is 18.8 Å². The minimum absolute atomic E-state index is 0.985. The van der Waals surface area contributed by atoms with E-state index in [1.165, 1.54) is 12.0 Å². The third kappa shape index (κ3) is 2.74. The first-order valence-corrected chi connectivity index (χ1v) is 6.30. The molecule has 4 heteroatoms. The van der Waals surface area contributed by atoms with E-state index in [2.05, 4.69) is 27.1 Å². The standard InChI is InChI=1S/C9H12N2S2/c1-3-10-9(11-4-1)13-7-8-2-5-12-6-8/h2,5-6H,1,3-4,7H2,(H,10,11). The maximum absolute atomic E-state index is 4.40. The van der Waals surface area contributed by atoms with E-state index in [1.54, 1.807) is 23.1 Å². The van der Waals surface area contributed by atoms with Crippen LogP contribution in [0, 0.1) is 0 Å². The van der Waals surface area contributed by atoms with Gasteiger partial charge in [0.15, 0.2) is 5.17 Å². The molecule has 1 aromatic rings. The maximum Gasteiger partial charge on any atom is 0.156 e. The summed E-state index contributed by atoms with van der Waals surface area (Å²) < 4.78 is 0. The second kappa shape index (κ2) is 4.67. The Balaban J connectivity index is 1.82. The molecule has 1 aromatic heterocycles. The molecule has 0 fully saturated rings. The van der Waals surface area contributed by atoms with Gasteiger partial charge in [0.05, 0.1) is 0 Å². The molecule has 0 saturated carbocycles. The first kappa shape index (κ1) is 9.09. The number of thiophene rings is 1. The number of amidine groups is 1.